The van der Waals surface area contributed by atoms with Crippen LogP contribution in [0.3, 0.4) is 0 Å². The monoisotopic (exact) mass is 463 g/mol. The number of anilines is 2. The van der Waals surface area contributed by atoms with E-state index in [-0.39, 0.29) is 12.5 Å². The Kier molecular flexibility index (Phi) is 8.95. The number of alkyl halides is 2. The molecule has 0 amide bonds. The predicted molar refractivity (Wildman–Crippen MR) is 125 cm³/mol. The van der Waals surface area contributed by atoms with E-state index in [1.807, 2.05) is 13.8 Å². The normalized spacial score (nSPS) is 11.1. The fourth-order valence-corrected chi connectivity index (χ4v) is 3.37. The highest BCUT2D eigenvalue weighted by Crippen LogP contribution is 2.33. The number of aliphatic carboxylic acids is 1. The van der Waals surface area contributed by atoms with Gasteiger partial charge in [0.25, 0.3) is 0 Å². The van der Waals surface area contributed by atoms with Gasteiger partial charge in [-0.15, -0.1) is 0 Å². The molecule has 0 spiro atoms. The Hall–Kier alpha value is -3.43. The van der Waals surface area contributed by atoms with Crippen LogP contribution in [0.25, 0.3) is 11.0 Å². The van der Waals surface area contributed by atoms with E-state index in [0.717, 1.165) is 31.4 Å². The molecule has 1 aromatic carbocycles. The first-order valence-electron chi connectivity index (χ1n) is 10.9. The van der Waals surface area contributed by atoms with Gasteiger partial charge in [0, 0.05) is 23.9 Å². The van der Waals surface area contributed by atoms with Crippen molar-refractivity contribution in [2.75, 3.05) is 24.7 Å². The number of halogens is 2. The van der Waals surface area contributed by atoms with Crippen molar-refractivity contribution in [2.45, 2.75) is 52.5 Å². The molecule has 4 N–H and O–H groups in total. The van der Waals surface area contributed by atoms with Crippen molar-refractivity contribution in [3.05, 3.63) is 41.6 Å². The highest BCUT2D eigenvalue weighted by atomic mass is 19.3. The van der Waals surface area contributed by atoms with Crippen molar-refractivity contribution in [3.63, 3.8) is 0 Å². The summed E-state index contributed by atoms with van der Waals surface area (Å²) in [6.07, 6.45) is 4.86. The van der Waals surface area contributed by atoms with Gasteiger partial charge in [-0.25, -0.2) is 9.78 Å². The molecule has 0 atom stereocenters. The summed E-state index contributed by atoms with van der Waals surface area (Å²) < 4.78 is 35.2. The maximum atomic E-state index is 14.0. The van der Waals surface area contributed by atoms with E-state index in [1.165, 1.54) is 13.2 Å². The largest absolute Gasteiger partial charge is 0.496 e. The lowest BCUT2D eigenvalue weighted by molar-refractivity contribution is -0.166. The molecular weight excluding hydrogens is 432 g/mol. The quantitative estimate of drug-likeness (QED) is 0.367. The van der Waals surface area contributed by atoms with E-state index < -0.39 is 17.5 Å². The summed E-state index contributed by atoms with van der Waals surface area (Å²) in [5.74, 6) is -5.18. The maximum absolute atomic E-state index is 14.0. The van der Waals surface area contributed by atoms with Gasteiger partial charge >= 0.3 is 11.9 Å². The van der Waals surface area contributed by atoms with E-state index in [0.29, 0.717) is 34.7 Å². The maximum Gasteiger partial charge on any atom is 0.379 e. The summed E-state index contributed by atoms with van der Waals surface area (Å²) in [7, 11) is 1.42. The molecule has 0 fully saturated rings. The average Bonchev–Trinajstić information content (AvgIpc) is 3.20. The molecule has 0 aliphatic carbocycles. The van der Waals surface area contributed by atoms with Crippen molar-refractivity contribution in [3.8, 4) is 5.75 Å². The number of carboxylic acids is 1. The summed E-state index contributed by atoms with van der Waals surface area (Å²) in [4.78, 5) is 19.5. The second-order valence-corrected chi connectivity index (χ2v) is 7.15. The van der Waals surface area contributed by atoms with E-state index in [1.54, 1.807) is 16.8 Å². The standard InChI is InChI=1S/C21H25F2N5O3.C2H6/c1-3-4-5-9-25-18-17-15(26-20(24)27-18)8-10-28(17)12-13-11-14(6-7-16(13)31-2)21(22,23)19(29)30;1-2/h6-8,10-11H,3-5,9,12H2,1-2H3,(H,29,30)(H3,24,25,26,27);1-2H3. The SMILES string of the molecule is CC.CCCCCNc1nc(N)nc2ccn(Cc3cc(C(F)(F)C(=O)O)ccc3OC)c12. The van der Waals surface area contributed by atoms with Gasteiger partial charge in [-0.1, -0.05) is 33.6 Å². The number of nitrogens with zero attached hydrogens (tertiary/aromatic N) is 3. The fourth-order valence-electron chi connectivity index (χ4n) is 3.37. The van der Waals surface area contributed by atoms with Crippen LogP contribution in [0, 0.1) is 0 Å². The first-order valence-corrected chi connectivity index (χ1v) is 10.9. The molecule has 33 heavy (non-hydrogen) atoms. The second kappa shape index (κ2) is 11.4. The number of fused-ring (bicyclic) bond motifs is 1. The van der Waals surface area contributed by atoms with Crippen LogP contribution in [0.2, 0.25) is 0 Å². The van der Waals surface area contributed by atoms with Crippen molar-refractivity contribution in [2.24, 2.45) is 0 Å². The van der Waals surface area contributed by atoms with Gasteiger partial charge in [0.05, 0.1) is 19.2 Å². The Morgan fingerprint density at radius 3 is 2.61 bits per heavy atom. The number of hydrogen-bond acceptors (Lipinski definition) is 6. The number of unbranched alkanes of at least 4 members (excludes halogenated alkanes) is 2. The number of ether oxygens (including phenoxy) is 1. The fraction of sp³-hybridized carbons (Fsp3) is 0.435. The lowest BCUT2D eigenvalue weighted by Crippen LogP contribution is -2.25. The van der Waals surface area contributed by atoms with Gasteiger partial charge in [0.1, 0.15) is 11.3 Å². The molecule has 3 rings (SSSR count). The topological polar surface area (TPSA) is 115 Å². The number of carboxylic acid groups (broad SMARTS) is 1. The number of nitrogens with two attached hydrogens (primary N) is 1. The van der Waals surface area contributed by atoms with Crippen molar-refractivity contribution >= 4 is 28.8 Å². The predicted octanol–water partition coefficient (Wildman–Crippen LogP) is 4.88. The zero-order valence-corrected chi connectivity index (χ0v) is 19.4. The number of nitrogen functional groups attached to an aromatic ring is 1. The highest BCUT2D eigenvalue weighted by molar-refractivity contribution is 5.87. The van der Waals surface area contributed by atoms with Gasteiger partial charge in [-0.05, 0) is 30.7 Å². The molecule has 180 valence electrons. The lowest BCUT2D eigenvalue weighted by Gasteiger charge is -2.17. The van der Waals surface area contributed by atoms with Crippen LogP contribution < -0.4 is 15.8 Å². The molecule has 0 aliphatic heterocycles. The molecule has 2 aromatic heterocycles. The Morgan fingerprint density at radius 1 is 1.24 bits per heavy atom. The molecule has 0 saturated heterocycles. The van der Waals surface area contributed by atoms with Gasteiger partial charge in [-0.2, -0.15) is 13.8 Å². The van der Waals surface area contributed by atoms with Crippen molar-refractivity contribution in [1.29, 1.82) is 0 Å². The molecule has 3 aromatic rings. The highest BCUT2D eigenvalue weighted by Gasteiger charge is 2.41. The smallest absolute Gasteiger partial charge is 0.379 e. The van der Waals surface area contributed by atoms with E-state index >= 15 is 0 Å². The number of hydrogen-bond donors (Lipinski definition) is 3. The molecule has 0 aliphatic rings. The molecule has 8 nitrogen and oxygen atoms in total. The van der Waals surface area contributed by atoms with E-state index in [4.69, 9.17) is 15.6 Å². The van der Waals surface area contributed by atoms with Gasteiger partial charge in [0.2, 0.25) is 5.95 Å². The van der Waals surface area contributed by atoms with Crippen LogP contribution in [0.5, 0.6) is 5.75 Å². The third kappa shape index (κ3) is 5.88. The molecule has 0 radical (unpaired) electrons. The van der Waals surface area contributed by atoms with Crippen molar-refractivity contribution < 1.29 is 23.4 Å². The lowest BCUT2D eigenvalue weighted by atomic mass is 10.0. The number of methoxy groups -OCH3 is 1. The van der Waals surface area contributed by atoms with Crippen LogP contribution >= 0.6 is 0 Å². The third-order valence-electron chi connectivity index (χ3n) is 4.95. The third-order valence-corrected chi connectivity index (χ3v) is 4.95. The zero-order chi connectivity index (χ0) is 24.6. The van der Waals surface area contributed by atoms with Gasteiger partial charge in [-0.3, -0.25) is 0 Å². The molecule has 2 heterocycles. The molecule has 0 saturated carbocycles. The van der Waals surface area contributed by atoms with Crippen LogP contribution in [0.1, 0.15) is 51.2 Å². The van der Waals surface area contributed by atoms with Crippen LogP contribution in [0.4, 0.5) is 20.5 Å². The van der Waals surface area contributed by atoms with Crippen LogP contribution in [-0.2, 0) is 17.3 Å². The van der Waals surface area contributed by atoms with Gasteiger partial charge < -0.3 is 25.5 Å². The molecular formula is C23H31F2N5O3. The number of nitrogens with one attached hydrogen (secondary N) is 1. The summed E-state index contributed by atoms with van der Waals surface area (Å²) in [6.45, 7) is 6.96. The Morgan fingerprint density at radius 2 is 1.97 bits per heavy atom. The average molecular weight is 464 g/mol. The molecule has 0 unspecified atom stereocenters. The molecule has 0 bridgehead atoms. The van der Waals surface area contributed by atoms with Crippen LogP contribution in [-0.4, -0.2) is 39.3 Å². The van der Waals surface area contributed by atoms with Gasteiger partial charge in [0.15, 0.2) is 5.82 Å². The summed E-state index contributed by atoms with van der Waals surface area (Å²) in [6, 6.07) is 5.29. The number of aromatic nitrogens is 3. The zero-order valence-electron chi connectivity index (χ0n) is 19.4. The summed E-state index contributed by atoms with van der Waals surface area (Å²) >= 11 is 0. The summed E-state index contributed by atoms with van der Waals surface area (Å²) in [5.41, 5.74) is 6.88. The minimum absolute atomic E-state index is 0.129. The first kappa shape index (κ1) is 25.8. The minimum atomic E-state index is -4.01. The second-order valence-electron chi connectivity index (χ2n) is 7.15. The number of rotatable bonds is 10. The Bertz CT molecular complexity index is 1090. The van der Waals surface area contributed by atoms with Crippen LogP contribution in [0.15, 0.2) is 30.5 Å². The molecule has 10 heteroatoms. The summed E-state index contributed by atoms with van der Waals surface area (Å²) in [5, 5.41) is 12.1. The Balaban J connectivity index is 0.00000187. The van der Waals surface area contributed by atoms with E-state index in [9.17, 15) is 13.6 Å². The van der Waals surface area contributed by atoms with Crippen molar-refractivity contribution in [1.82, 2.24) is 14.5 Å². The Labute approximate surface area is 191 Å². The first-order chi connectivity index (χ1) is 15.8. The number of carbonyl (C=O) groups is 1. The minimum Gasteiger partial charge on any atom is -0.496 e. The number of benzene rings is 1. The van der Waals surface area contributed by atoms with E-state index in [2.05, 4.69) is 22.2 Å².